The van der Waals surface area contributed by atoms with Crippen LogP contribution in [0.15, 0.2) is 35.6 Å². The summed E-state index contributed by atoms with van der Waals surface area (Å²) in [7, 11) is 1.58. The third-order valence-corrected chi connectivity index (χ3v) is 4.71. The molecule has 154 valence electrons. The van der Waals surface area contributed by atoms with Crippen LogP contribution >= 0.6 is 12.4 Å². The van der Waals surface area contributed by atoms with Crippen molar-refractivity contribution in [3.05, 3.63) is 46.8 Å². The fourth-order valence-corrected chi connectivity index (χ4v) is 3.20. The van der Waals surface area contributed by atoms with E-state index in [1.807, 2.05) is 0 Å². The maximum atomic E-state index is 12.8. The number of pyridine rings is 2. The molecule has 0 spiro atoms. The molecule has 0 amide bonds. The molecule has 0 bridgehead atoms. The van der Waals surface area contributed by atoms with E-state index in [4.69, 9.17) is 0 Å². The fourth-order valence-electron chi connectivity index (χ4n) is 3.20. The van der Waals surface area contributed by atoms with Crippen molar-refractivity contribution in [2.45, 2.75) is 18.6 Å². The van der Waals surface area contributed by atoms with Gasteiger partial charge in [0.1, 0.15) is 11.2 Å². The van der Waals surface area contributed by atoms with Gasteiger partial charge in [-0.25, -0.2) is 9.97 Å². The highest BCUT2D eigenvalue weighted by Crippen LogP contribution is 2.31. The zero-order valence-corrected chi connectivity index (χ0v) is 16.1. The molecule has 1 atom stereocenters. The van der Waals surface area contributed by atoms with Gasteiger partial charge in [-0.1, -0.05) is 0 Å². The number of hydrogen-bond acceptors (Lipinski definition) is 6. The first-order chi connectivity index (χ1) is 13.3. The summed E-state index contributed by atoms with van der Waals surface area (Å²) in [6.45, 7) is 1.63. The Kier molecular flexibility index (Phi) is 5.76. The van der Waals surface area contributed by atoms with E-state index in [1.54, 1.807) is 7.05 Å². The number of nitrogens with one attached hydrogen (secondary N) is 2. The van der Waals surface area contributed by atoms with Crippen molar-refractivity contribution in [3.8, 4) is 11.3 Å². The second kappa shape index (κ2) is 7.96. The molecule has 11 heteroatoms. The molecule has 1 fully saturated rings. The van der Waals surface area contributed by atoms with E-state index in [2.05, 4.69) is 25.6 Å². The Morgan fingerprint density at radius 3 is 2.62 bits per heavy atom. The van der Waals surface area contributed by atoms with Crippen molar-refractivity contribution < 1.29 is 13.2 Å². The van der Waals surface area contributed by atoms with E-state index < -0.39 is 11.7 Å². The molecule has 1 aliphatic heterocycles. The standard InChI is InChI=1S/C18H17F3N6O.ClH/c1-27-9-25-15-12(13-3-2-10(6-23-13)18(19,20)21)8-24-16(14(15)17(27)28)26-11-4-5-22-7-11;/h2-3,6,8-9,11,22H,4-5,7H2,1H3,(H,24,26);1H. The number of fused-ring (bicyclic) bond motifs is 1. The Bertz CT molecular complexity index is 1080. The van der Waals surface area contributed by atoms with Crippen LogP contribution in [0, 0.1) is 0 Å². The van der Waals surface area contributed by atoms with Gasteiger partial charge < -0.3 is 15.2 Å². The number of alkyl halides is 3. The van der Waals surface area contributed by atoms with Crippen LogP contribution in [0.2, 0.25) is 0 Å². The monoisotopic (exact) mass is 426 g/mol. The number of aromatic nitrogens is 4. The van der Waals surface area contributed by atoms with Gasteiger partial charge in [-0.05, 0) is 25.1 Å². The van der Waals surface area contributed by atoms with E-state index in [9.17, 15) is 18.0 Å². The van der Waals surface area contributed by atoms with Crippen molar-refractivity contribution in [2.75, 3.05) is 18.4 Å². The third kappa shape index (κ3) is 4.03. The fraction of sp³-hybridized carbons (Fsp3) is 0.333. The Morgan fingerprint density at radius 2 is 2.00 bits per heavy atom. The molecule has 0 saturated carbocycles. The molecule has 29 heavy (non-hydrogen) atoms. The van der Waals surface area contributed by atoms with Gasteiger partial charge in [0, 0.05) is 37.6 Å². The van der Waals surface area contributed by atoms with Crippen molar-refractivity contribution in [3.63, 3.8) is 0 Å². The molecular weight excluding hydrogens is 409 g/mol. The highest BCUT2D eigenvalue weighted by molar-refractivity contribution is 5.97. The van der Waals surface area contributed by atoms with Crippen molar-refractivity contribution in [1.29, 1.82) is 0 Å². The summed E-state index contributed by atoms with van der Waals surface area (Å²) < 4.78 is 39.7. The molecule has 1 aliphatic rings. The van der Waals surface area contributed by atoms with E-state index in [1.165, 1.54) is 23.2 Å². The number of aryl methyl sites for hydroxylation is 1. The van der Waals surface area contributed by atoms with Gasteiger partial charge in [0.25, 0.3) is 5.56 Å². The lowest BCUT2D eigenvalue weighted by Gasteiger charge is -2.15. The van der Waals surface area contributed by atoms with Crippen LogP contribution in [0.25, 0.3) is 22.2 Å². The van der Waals surface area contributed by atoms with Gasteiger partial charge in [-0.2, -0.15) is 13.2 Å². The summed E-state index contributed by atoms with van der Waals surface area (Å²) in [6.07, 6.45) is 0.0436. The molecule has 1 saturated heterocycles. The maximum absolute atomic E-state index is 12.8. The number of hydrogen-bond donors (Lipinski definition) is 2. The summed E-state index contributed by atoms with van der Waals surface area (Å²) in [5.74, 6) is 0.410. The minimum Gasteiger partial charge on any atom is -0.365 e. The molecule has 3 aromatic rings. The van der Waals surface area contributed by atoms with Gasteiger partial charge in [0.05, 0.1) is 23.1 Å². The highest BCUT2D eigenvalue weighted by Gasteiger charge is 2.31. The van der Waals surface area contributed by atoms with Gasteiger partial charge in [0.15, 0.2) is 0 Å². The summed E-state index contributed by atoms with van der Waals surface area (Å²) in [5.41, 5.74) is -0.125. The molecule has 2 N–H and O–H groups in total. The largest absolute Gasteiger partial charge is 0.417 e. The van der Waals surface area contributed by atoms with Crippen molar-refractivity contribution in [1.82, 2.24) is 24.8 Å². The van der Waals surface area contributed by atoms with Crippen LogP contribution in [-0.2, 0) is 13.2 Å². The van der Waals surface area contributed by atoms with E-state index >= 15 is 0 Å². The molecule has 7 nitrogen and oxygen atoms in total. The number of halogens is 4. The molecule has 4 heterocycles. The van der Waals surface area contributed by atoms with Gasteiger partial charge in [0.2, 0.25) is 0 Å². The first kappa shape index (κ1) is 21.0. The quantitative estimate of drug-likeness (QED) is 0.669. The Balaban J connectivity index is 0.00000240. The summed E-state index contributed by atoms with van der Waals surface area (Å²) in [4.78, 5) is 25.4. The van der Waals surface area contributed by atoms with Gasteiger partial charge >= 0.3 is 6.18 Å². The normalized spacial score (nSPS) is 16.6. The summed E-state index contributed by atoms with van der Waals surface area (Å²) >= 11 is 0. The van der Waals surface area contributed by atoms with Crippen molar-refractivity contribution in [2.24, 2.45) is 7.05 Å². The zero-order valence-electron chi connectivity index (χ0n) is 15.3. The molecule has 0 aromatic carbocycles. The Labute approximate surface area is 169 Å². The van der Waals surface area contributed by atoms with Gasteiger partial charge in [-0.3, -0.25) is 9.78 Å². The number of nitrogens with zero attached hydrogens (tertiary/aromatic N) is 4. The SMILES string of the molecule is Cl.Cn1cnc2c(-c3ccc(C(F)(F)F)cn3)cnc(NC3CCNC3)c2c1=O. The lowest BCUT2D eigenvalue weighted by Crippen LogP contribution is -2.25. The Morgan fingerprint density at radius 1 is 1.21 bits per heavy atom. The van der Waals surface area contributed by atoms with E-state index in [-0.39, 0.29) is 35.1 Å². The minimum atomic E-state index is -4.47. The minimum absolute atomic E-state index is 0. The van der Waals surface area contributed by atoms with E-state index in [0.717, 1.165) is 31.8 Å². The number of rotatable bonds is 3. The number of anilines is 1. The molecule has 3 aromatic heterocycles. The summed E-state index contributed by atoms with van der Waals surface area (Å²) in [6, 6.07) is 2.34. The first-order valence-electron chi connectivity index (χ1n) is 8.70. The van der Waals surface area contributed by atoms with E-state index in [0.29, 0.717) is 16.9 Å². The van der Waals surface area contributed by atoms with Crippen molar-refractivity contribution >= 4 is 29.1 Å². The van der Waals surface area contributed by atoms with Crippen LogP contribution in [-0.4, -0.2) is 38.7 Å². The average Bonchev–Trinajstić information content (AvgIpc) is 3.17. The maximum Gasteiger partial charge on any atom is 0.417 e. The van der Waals surface area contributed by atoms with Gasteiger partial charge in [-0.15, -0.1) is 12.4 Å². The first-order valence-corrected chi connectivity index (χ1v) is 8.70. The topological polar surface area (TPSA) is 84.7 Å². The summed E-state index contributed by atoms with van der Waals surface area (Å²) in [5, 5.41) is 6.78. The van der Waals surface area contributed by atoms with Crippen LogP contribution in [0.1, 0.15) is 12.0 Å². The predicted molar refractivity (Wildman–Crippen MR) is 105 cm³/mol. The molecule has 1 unspecified atom stereocenters. The van der Waals surface area contributed by atoms with Crippen LogP contribution < -0.4 is 16.2 Å². The highest BCUT2D eigenvalue weighted by atomic mass is 35.5. The average molecular weight is 427 g/mol. The second-order valence-corrected chi connectivity index (χ2v) is 6.67. The Hall–Kier alpha value is -2.72. The van der Waals surface area contributed by atoms with Crippen LogP contribution in [0.4, 0.5) is 19.0 Å². The lowest BCUT2D eigenvalue weighted by molar-refractivity contribution is -0.137. The molecule has 4 rings (SSSR count). The zero-order chi connectivity index (χ0) is 19.9. The molecule has 0 aliphatic carbocycles. The van der Waals surface area contributed by atoms with Crippen LogP contribution in [0.3, 0.4) is 0 Å². The predicted octanol–water partition coefficient (Wildman–Crippen LogP) is 2.60. The molecular formula is C18H18ClF3N6O. The lowest BCUT2D eigenvalue weighted by atomic mass is 10.1. The molecule has 0 radical (unpaired) electrons. The second-order valence-electron chi connectivity index (χ2n) is 6.67. The van der Waals surface area contributed by atoms with Crippen LogP contribution in [0.5, 0.6) is 0 Å². The third-order valence-electron chi connectivity index (χ3n) is 4.71. The smallest absolute Gasteiger partial charge is 0.365 e.